The number of benzene rings is 1. The van der Waals surface area contributed by atoms with Gasteiger partial charge >= 0.3 is 12.0 Å². The second-order valence-corrected chi connectivity index (χ2v) is 6.21. The molecule has 24 heavy (non-hydrogen) atoms. The van der Waals surface area contributed by atoms with Crippen molar-refractivity contribution in [3.8, 4) is 0 Å². The predicted octanol–water partition coefficient (Wildman–Crippen LogP) is 1.71. The number of carboxylic acids is 1. The summed E-state index contributed by atoms with van der Waals surface area (Å²) in [5.74, 6) is -1.40. The van der Waals surface area contributed by atoms with Crippen molar-refractivity contribution in [2.24, 2.45) is 11.7 Å². The molecular weight excluding hydrogens is 310 g/mol. The minimum absolute atomic E-state index is 0.0876. The zero-order valence-corrected chi connectivity index (χ0v) is 14.2. The van der Waals surface area contributed by atoms with E-state index in [2.05, 4.69) is 10.6 Å². The van der Waals surface area contributed by atoms with Gasteiger partial charge in [0.2, 0.25) is 5.91 Å². The smallest absolute Gasteiger partial charge is 0.326 e. The van der Waals surface area contributed by atoms with Gasteiger partial charge in [-0.1, -0.05) is 38.1 Å². The normalized spacial score (nSPS) is 13.2. The summed E-state index contributed by atoms with van der Waals surface area (Å²) in [5, 5.41) is 14.3. The van der Waals surface area contributed by atoms with Crippen molar-refractivity contribution < 1.29 is 19.5 Å². The van der Waals surface area contributed by atoms with Crippen LogP contribution in [0.4, 0.5) is 4.79 Å². The third kappa shape index (κ3) is 6.28. The van der Waals surface area contributed by atoms with Crippen LogP contribution in [0.15, 0.2) is 24.3 Å². The van der Waals surface area contributed by atoms with E-state index in [1.165, 1.54) is 0 Å². The number of rotatable bonds is 8. The maximum atomic E-state index is 12.2. The van der Waals surface area contributed by atoms with Crippen LogP contribution in [0.3, 0.4) is 0 Å². The van der Waals surface area contributed by atoms with Crippen molar-refractivity contribution in [3.05, 3.63) is 35.4 Å². The van der Waals surface area contributed by atoms with Gasteiger partial charge in [0.05, 0.1) is 12.5 Å². The average molecular weight is 335 g/mol. The first-order valence-corrected chi connectivity index (χ1v) is 7.84. The largest absolute Gasteiger partial charge is 0.480 e. The SMILES string of the molecule is Cc1ccccc1C(CC(=O)N[C@H](CC(C)C)C(=O)O)NC(N)=O. The van der Waals surface area contributed by atoms with E-state index in [1.54, 1.807) is 12.1 Å². The highest BCUT2D eigenvalue weighted by molar-refractivity contribution is 5.84. The lowest BCUT2D eigenvalue weighted by atomic mass is 9.98. The molecule has 5 N–H and O–H groups in total. The number of aryl methyl sites for hydroxylation is 1. The summed E-state index contributed by atoms with van der Waals surface area (Å²) in [6.07, 6.45) is 0.245. The monoisotopic (exact) mass is 335 g/mol. The van der Waals surface area contributed by atoms with Gasteiger partial charge in [0.1, 0.15) is 6.04 Å². The summed E-state index contributed by atoms with van der Waals surface area (Å²) < 4.78 is 0. The number of hydrogen-bond donors (Lipinski definition) is 4. The highest BCUT2D eigenvalue weighted by Gasteiger charge is 2.24. The number of primary amides is 1. The number of carbonyl (C=O) groups is 3. The molecule has 1 rings (SSSR count). The molecule has 7 heteroatoms. The van der Waals surface area contributed by atoms with Crippen LogP contribution in [0.5, 0.6) is 0 Å². The Hall–Kier alpha value is -2.57. The van der Waals surface area contributed by atoms with Crippen LogP contribution in [-0.4, -0.2) is 29.1 Å². The lowest BCUT2D eigenvalue weighted by Gasteiger charge is -2.22. The lowest BCUT2D eigenvalue weighted by Crippen LogP contribution is -2.43. The minimum Gasteiger partial charge on any atom is -0.480 e. The predicted molar refractivity (Wildman–Crippen MR) is 90.3 cm³/mol. The number of carbonyl (C=O) groups excluding carboxylic acids is 2. The van der Waals surface area contributed by atoms with Gasteiger partial charge in [-0.05, 0) is 30.4 Å². The van der Waals surface area contributed by atoms with E-state index in [4.69, 9.17) is 5.73 Å². The number of hydrogen-bond acceptors (Lipinski definition) is 3. The molecule has 132 valence electrons. The third-order valence-electron chi connectivity index (χ3n) is 3.61. The number of nitrogens with two attached hydrogens (primary N) is 1. The Kier molecular flexibility index (Phi) is 7.23. The molecule has 0 saturated heterocycles. The Morgan fingerprint density at radius 3 is 2.29 bits per heavy atom. The first-order chi connectivity index (χ1) is 11.2. The molecule has 7 nitrogen and oxygen atoms in total. The van der Waals surface area contributed by atoms with Gasteiger partial charge in [-0.25, -0.2) is 9.59 Å². The van der Waals surface area contributed by atoms with Gasteiger partial charge < -0.3 is 21.5 Å². The summed E-state index contributed by atoms with van der Waals surface area (Å²) in [5.41, 5.74) is 6.87. The van der Waals surface area contributed by atoms with E-state index in [9.17, 15) is 19.5 Å². The number of amides is 3. The van der Waals surface area contributed by atoms with Crippen molar-refractivity contribution in [1.82, 2.24) is 10.6 Å². The van der Waals surface area contributed by atoms with E-state index in [0.717, 1.165) is 11.1 Å². The van der Waals surface area contributed by atoms with E-state index in [-0.39, 0.29) is 12.3 Å². The minimum atomic E-state index is -1.08. The molecule has 2 atom stereocenters. The Morgan fingerprint density at radius 2 is 1.79 bits per heavy atom. The van der Waals surface area contributed by atoms with Crippen molar-refractivity contribution in [3.63, 3.8) is 0 Å². The van der Waals surface area contributed by atoms with Gasteiger partial charge in [-0.15, -0.1) is 0 Å². The van der Waals surface area contributed by atoms with E-state index >= 15 is 0 Å². The highest BCUT2D eigenvalue weighted by atomic mass is 16.4. The van der Waals surface area contributed by atoms with Gasteiger partial charge in [0, 0.05) is 0 Å². The molecule has 1 aromatic rings. The molecule has 0 radical (unpaired) electrons. The van der Waals surface area contributed by atoms with E-state index < -0.39 is 30.0 Å². The summed E-state index contributed by atoms with van der Waals surface area (Å²) in [7, 11) is 0. The molecule has 0 aliphatic rings. The van der Waals surface area contributed by atoms with Crippen molar-refractivity contribution >= 4 is 17.9 Å². The molecule has 0 heterocycles. The maximum Gasteiger partial charge on any atom is 0.326 e. The Balaban J connectivity index is 2.86. The molecule has 0 aromatic heterocycles. The van der Waals surface area contributed by atoms with Crippen LogP contribution in [0.25, 0.3) is 0 Å². The zero-order valence-electron chi connectivity index (χ0n) is 14.2. The zero-order chi connectivity index (χ0) is 18.3. The molecule has 3 amide bonds. The molecule has 1 aromatic carbocycles. The van der Waals surface area contributed by atoms with Gasteiger partial charge in [0.15, 0.2) is 0 Å². The Bertz CT molecular complexity index is 601. The average Bonchev–Trinajstić information content (AvgIpc) is 2.45. The van der Waals surface area contributed by atoms with Crippen molar-refractivity contribution in [1.29, 1.82) is 0 Å². The van der Waals surface area contributed by atoms with E-state index in [1.807, 2.05) is 32.9 Å². The number of nitrogens with one attached hydrogen (secondary N) is 2. The van der Waals surface area contributed by atoms with Crippen molar-refractivity contribution in [2.45, 2.75) is 45.7 Å². The van der Waals surface area contributed by atoms with Crippen LogP contribution in [0.2, 0.25) is 0 Å². The molecule has 0 saturated carbocycles. The topological polar surface area (TPSA) is 122 Å². The first kappa shape index (κ1) is 19.5. The van der Waals surface area contributed by atoms with Crippen LogP contribution in [0.1, 0.15) is 43.9 Å². The molecule has 1 unspecified atom stereocenters. The molecule has 0 spiro atoms. The van der Waals surface area contributed by atoms with Crippen LogP contribution in [-0.2, 0) is 9.59 Å². The highest BCUT2D eigenvalue weighted by Crippen LogP contribution is 2.20. The lowest BCUT2D eigenvalue weighted by molar-refractivity contribution is -0.142. The molecule has 0 aliphatic carbocycles. The number of aliphatic carboxylic acids is 1. The number of carboxylic acid groups (broad SMARTS) is 1. The molecule has 0 fully saturated rings. The number of urea groups is 1. The summed E-state index contributed by atoms with van der Waals surface area (Å²) in [6.45, 7) is 5.63. The molecule has 0 bridgehead atoms. The molecular formula is C17H25N3O4. The fourth-order valence-corrected chi connectivity index (χ4v) is 2.52. The fraction of sp³-hybridized carbons (Fsp3) is 0.471. The van der Waals surface area contributed by atoms with E-state index in [0.29, 0.717) is 6.42 Å². The fourth-order valence-electron chi connectivity index (χ4n) is 2.52. The standard InChI is InChI=1S/C17H25N3O4/c1-10(2)8-14(16(22)23)19-15(21)9-13(20-17(18)24)12-7-5-4-6-11(12)3/h4-7,10,13-14H,8-9H2,1-3H3,(H,19,21)(H,22,23)(H3,18,20,24)/t13?,14-/m1/s1. The first-order valence-electron chi connectivity index (χ1n) is 7.84. The maximum absolute atomic E-state index is 12.2. The second-order valence-electron chi connectivity index (χ2n) is 6.21. The van der Waals surface area contributed by atoms with Gasteiger partial charge in [-0.3, -0.25) is 4.79 Å². The second kappa shape index (κ2) is 8.90. The van der Waals surface area contributed by atoms with Crippen molar-refractivity contribution in [2.75, 3.05) is 0 Å². The van der Waals surface area contributed by atoms with Crippen LogP contribution >= 0.6 is 0 Å². The summed E-state index contributed by atoms with van der Waals surface area (Å²) in [4.78, 5) is 34.7. The summed E-state index contributed by atoms with van der Waals surface area (Å²) >= 11 is 0. The van der Waals surface area contributed by atoms with Crippen LogP contribution in [0, 0.1) is 12.8 Å². The Labute approximate surface area is 141 Å². The quantitative estimate of drug-likeness (QED) is 0.577. The Morgan fingerprint density at radius 1 is 1.17 bits per heavy atom. The van der Waals surface area contributed by atoms with Crippen LogP contribution < -0.4 is 16.4 Å². The molecule has 0 aliphatic heterocycles. The van der Waals surface area contributed by atoms with Gasteiger partial charge in [-0.2, -0.15) is 0 Å². The summed E-state index contributed by atoms with van der Waals surface area (Å²) in [6, 6.07) is 5.00. The third-order valence-corrected chi connectivity index (χ3v) is 3.61. The van der Waals surface area contributed by atoms with Gasteiger partial charge in [0.25, 0.3) is 0 Å².